The van der Waals surface area contributed by atoms with Crippen molar-refractivity contribution in [1.82, 2.24) is 9.88 Å². The number of carbonyl (C=O) groups is 1. The molecule has 4 heteroatoms. The number of anilines is 1. The van der Waals surface area contributed by atoms with E-state index in [2.05, 4.69) is 12.2 Å². The van der Waals surface area contributed by atoms with Gasteiger partial charge in [-0.3, -0.25) is 4.79 Å². The molecule has 1 aliphatic carbocycles. The Hall–Kier alpha value is -1.45. The van der Waals surface area contributed by atoms with E-state index in [0.29, 0.717) is 11.4 Å². The highest BCUT2D eigenvalue weighted by atomic mass is 16.2. The quantitative estimate of drug-likeness (QED) is 0.843. The average Bonchev–Trinajstić information content (AvgIpc) is 2.84. The zero-order chi connectivity index (χ0) is 12.5. The van der Waals surface area contributed by atoms with Crippen molar-refractivity contribution in [2.24, 2.45) is 0 Å². The van der Waals surface area contributed by atoms with E-state index in [1.54, 1.807) is 6.07 Å². The Labute approximate surface area is 102 Å². The summed E-state index contributed by atoms with van der Waals surface area (Å²) in [5.41, 5.74) is 7.01. The normalized spacial score (nSPS) is 18.2. The minimum Gasteiger partial charge on any atom is -0.397 e. The van der Waals surface area contributed by atoms with Gasteiger partial charge in [-0.1, -0.05) is 12.8 Å². The molecule has 0 aromatic carbocycles. The monoisotopic (exact) mass is 235 g/mol. The standard InChI is InChI=1S/C13H21N3O/c1-3-16-9-10(14)8-11(16)12(17)15-13(2)6-4-5-7-13/h8-9H,3-7,14H2,1-2H3,(H,15,17). The van der Waals surface area contributed by atoms with Crippen molar-refractivity contribution in [1.29, 1.82) is 0 Å². The summed E-state index contributed by atoms with van der Waals surface area (Å²) in [6.07, 6.45) is 6.36. The van der Waals surface area contributed by atoms with E-state index in [1.807, 2.05) is 17.7 Å². The molecule has 17 heavy (non-hydrogen) atoms. The SMILES string of the molecule is CCn1cc(N)cc1C(=O)NC1(C)CCCC1. The Morgan fingerprint density at radius 2 is 2.18 bits per heavy atom. The zero-order valence-corrected chi connectivity index (χ0v) is 10.6. The third kappa shape index (κ3) is 2.46. The summed E-state index contributed by atoms with van der Waals surface area (Å²) in [6, 6.07) is 1.75. The van der Waals surface area contributed by atoms with Crippen LogP contribution in [0.3, 0.4) is 0 Å². The maximum absolute atomic E-state index is 12.2. The summed E-state index contributed by atoms with van der Waals surface area (Å²) in [5.74, 6) is -0.00653. The first-order valence-electron chi connectivity index (χ1n) is 6.32. The van der Waals surface area contributed by atoms with Gasteiger partial charge in [0.25, 0.3) is 5.91 Å². The van der Waals surface area contributed by atoms with Gasteiger partial charge in [0.15, 0.2) is 0 Å². The number of aromatic nitrogens is 1. The van der Waals surface area contributed by atoms with Crippen molar-refractivity contribution in [3.63, 3.8) is 0 Å². The Balaban J connectivity index is 2.13. The number of hydrogen-bond donors (Lipinski definition) is 2. The highest BCUT2D eigenvalue weighted by Gasteiger charge is 2.31. The van der Waals surface area contributed by atoms with Crippen LogP contribution in [0.5, 0.6) is 0 Å². The number of nitrogens with one attached hydrogen (secondary N) is 1. The highest BCUT2D eigenvalue weighted by Crippen LogP contribution is 2.29. The fraction of sp³-hybridized carbons (Fsp3) is 0.615. The molecule has 1 heterocycles. The van der Waals surface area contributed by atoms with Crippen LogP contribution in [0.1, 0.15) is 50.0 Å². The first kappa shape index (κ1) is 12.0. The van der Waals surface area contributed by atoms with Gasteiger partial charge in [-0.25, -0.2) is 0 Å². The lowest BCUT2D eigenvalue weighted by molar-refractivity contribution is 0.0898. The van der Waals surface area contributed by atoms with Gasteiger partial charge >= 0.3 is 0 Å². The van der Waals surface area contributed by atoms with Gasteiger partial charge in [0.2, 0.25) is 0 Å². The topological polar surface area (TPSA) is 60.0 Å². The van der Waals surface area contributed by atoms with Crippen molar-refractivity contribution in [3.05, 3.63) is 18.0 Å². The smallest absolute Gasteiger partial charge is 0.268 e. The molecule has 0 aliphatic heterocycles. The van der Waals surface area contributed by atoms with Gasteiger partial charge in [-0.05, 0) is 32.8 Å². The number of nitrogen functional groups attached to an aromatic ring is 1. The second-order valence-corrected chi connectivity index (χ2v) is 5.17. The Kier molecular flexibility index (Phi) is 3.13. The van der Waals surface area contributed by atoms with Gasteiger partial charge in [-0.15, -0.1) is 0 Å². The summed E-state index contributed by atoms with van der Waals surface area (Å²) >= 11 is 0. The molecule has 2 rings (SSSR count). The molecular formula is C13H21N3O. The molecule has 1 aromatic rings. The largest absolute Gasteiger partial charge is 0.397 e. The van der Waals surface area contributed by atoms with Crippen LogP contribution >= 0.6 is 0 Å². The van der Waals surface area contributed by atoms with E-state index >= 15 is 0 Å². The predicted octanol–water partition coefficient (Wildman–Crippen LogP) is 2.15. The molecule has 1 aliphatic rings. The molecule has 1 amide bonds. The lowest BCUT2D eigenvalue weighted by Crippen LogP contribution is -2.44. The molecule has 0 atom stereocenters. The van der Waals surface area contributed by atoms with E-state index in [9.17, 15) is 4.79 Å². The second-order valence-electron chi connectivity index (χ2n) is 5.17. The molecule has 0 radical (unpaired) electrons. The lowest BCUT2D eigenvalue weighted by Gasteiger charge is -2.25. The van der Waals surface area contributed by atoms with E-state index in [0.717, 1.165) is 19.4 Å². The summed E-state index contributed by atoms with van der Waals surface area (Å²) < 4.78 is 1.89. The first-order chi connectivity index (χ1) is 8.04. The molecule has 1 aromatic heterocycles. The zero-order valence-electron chi connectivity index (χ0n) is 10.6. The number of nitrogens with two attached hydrogens (primary N) is 1. The van der Waals surface area contributed by atoms with Crippen LogP contribution in [-0.4, -0.2) is 16.0 Å². The molecule has 94 valence electrons. The maximum atomic E-state index is 12.2. The highest BCUT2D eigenvalue weighted by molar-refractivity contribution is 5.94. The molecular weight excluding hydrogens is 214 g/mol. The molecule has 0 unspecified atom stereocenters. The van der Waals surface area contributed by atoms with E-state index in [4.69, 9.17) is 5.73 Å². The van der Waals surface area contributed by atoms with Crippen LogP contribution in [0.4, 0.5) is 5.69 Å². The van der Waals surface area contributed by atoms with Crippen molar-refractivity contribution >= 4 is 11.6 Å². The molecule has 0 spiro atoms. The van der Waals surface area contributed by atoms with Gasteiger partial charge in [0.05, 0.1) is 5.69 Å². The third-order valence-electron chi connectivity index (χ3n) is 3.61. The van der Waals surface area contributed by atoms with E-state index in [1.165, 1.54) is 12.8 Å². The summed E-state index contributed by atoms with van der Waals surface area (Å²) in [4.78, 5) is 12.2. The maximum Gasteiger partial charge on any atom is 0.268 e. The first-order valence-corrected chi connectivity index (χ1v) is 6.32. The molecule has 0 saturated heterocycles. The average molecular weight is 235 g/mol. The van der Waals surface area contributed by atoms with Crippen molar-refractivity contribution in [2.75, 3.05) is 5.73 Å². The van der Waals surface area contributed by atoms with Crippen molar-refractivity contribution in [3.8, 4) is 0 Å². The van der Waals surface area contributed by atoms with E-state index < -0.39 is 0 Å². The summed E-state index contributed by atoms with van der Waals surface area (Å²) in [6.45, 7) is 4.89. The van der Waals surface area contributed by atoms with Crippen LogP contribution < -0.4 is 11.1 Å². The Morgan fingerprint density at radius 1 is 1.53 bits per heavy atom. The third-order valence-corrected chi connectivity index (χ3v) is 3.61. The molecule has 3 N–H and O–H groups in total. The van der Waals surface area contributed by atoms with Gasteiger partial charge < -0.3 is 15.6 Å². The van der Waals surface area contributed by atoms with Gasteiger partial charge in [0, 0.05) is 18.3 Å². The van der Waals surface area contributed by atoms with Crippen LogP contribution in [-0.2, 0) is 6.54 Å². The molecule has 4 nitrogen and oxygen atoms in total. The van der Waals surface area contributed by atoms with Crippen LogP contribution in [0.25, 0.3) is 0 Å². The number of amides is 1. The minimum absolute atomic E-state index is 0.00653. The van der Waals surface area contributed by atoms with Crippen molar-refractivity contribution < 1.29 is 4.79 Å². The number of nitrogens with zero attached hydrogens (tertiary/aromatic N) is 1. The molecule has 1 saturated carbocycles. The number of carbonyl (C=O) groups excluding carboxylic acids is 1. The fourth-order valence-electron chi connectivity index (χ4n) is 2.60. The van der Waals surface area contributed by atoms with Crippen LogP contribution in [0.15, 0.2) is 12.3 Å². The fourth-order valence-corrected chi connectivity index (χ4v) is 2.60. The van der Waals surface area contributed by atoms with Gasteiger partial charge in [0.1, 0.15) is 5.69 Å². The van der Waals surface area contributed by atoms with Crippen molar-refractivity contribution in [2.45, 2.75) is 51.6 Å². The summed E-state index contributed by atoms with van der Waals surface area (Å²) in [5, 5.41) is 3.14. The summed E-state index contributed by atoms with van der Waals surface area (Å²) in [7, 11) is 0. The number of aryl methyl sites for hydroxylation is 1. The van der Waals surface area contributed by atoms with Crippen LogP contribution in [0.2, 0.25) is 0 Å². The molecule has 0 bridgehead atoms. The van der Waals surface area contributed by atoms with Crippen LogP contribution in [0, 0.1) is 0 Å². The predicted molar refractivity (Wildman–Crippen MR) is 68.9 cm³/mol. The Morgan fingerprint density at radius 3 is 2.76 bits per heavy atom. The molecule has 1 fully saturated rings. The number of rotatable bonds is 3. The minimum atomic E-state index is -0.0330. The lowest BCUT2D eigenvalue weighted by atomic mass is 10.0. The Bertz CT molecular complexity index is 416. The second kappa shape index (κ2) is 4.43. The van der Waals surface area contributed by atoms with E-state index in [-0.39, 0.29) is 11.4 Å². The number of hydrogen-bond acceptors (Lipinski definition) is 2. The van der Waals surface area contributed by atoms with Gasteiger partial charge in [-0.2, -0.15) is 0 Å².